The van der Waals surface area contributed by atoms with Crippen LogP contribution in [0.15, 0.2) is 29.3 Å². The molecule has 2 N–H and O–H groups in total. The van der Waals surface area contributed by atoms with Gasteiger partial charge >= 0.3 is 0 Å². The fraction of sp³-hybridized carbons (Fsp3) is 0.696. The number of benzene rings is 1. The lowest BCUT2D eigenvalue weighted by Crippen LogP contribution is -2.46. The minimum Gasteiger partial charge on any atom is -0.379 e. The van der Waals surface area contributed by atoms with E-state index in [-0.39, 0.29) is 10.6 Å². The van der Waals surface area contributed by atoms with Gasteiger partial charge in [-0.2, -0.15) is 0 Å². The highest BCUT2D eigenvalue weighted by molar-refractivity contribution is 5.79. The molecule has 1 aromatic carbocycles. The van der Waals surface area contributed by atoms with Gasteiger partial charge < -0.3 is 15.4 Å². The zero-order valence-electron chi connectivity index (χ0n) is 20.0. The average molecular weight is 449 g/mol. The first-order valence-electron chi connectivity index (χ1n) is 11.7. The lowest BCUT2D eigenvalue weighted by molar-refractivity contribution is -0.384. The Morgan fingerprint density at radius 3 is 2.34 bits per heavy atom. The molecule has 1 heterocycles. The first kappa shape index (κ1) is 26.0. The van der Waals surface area contributed by atoms with Gasteiger partial charge in [-0.3, -0.25) is 19.9 Å². The molecule has 0 unspecified atom stereocenters. The Labute approximate surface area is 192 Å². The van der Waals surface area contributed by atoms with Gasteiger partial charge in [0.2, 0.25) is 0 Å². The largest absolute Gasteiger partial charge is 0.379 e. The predicted molar refractivity (Wildman–Crippen MR) is 129 cm³/mol. The third kappa shape index (κ3) is 9.50. The summed E-state index contributed by atoms with van der Waals surface area (Å²) in [6.45, 7) is 16.6. The van der Waals surface area contributed by atoms with Gasteiger partial charge in [-0.15, -0.1) is 0 Å². The lowest BCUT2D eigenvalue weighted by Gasteiger charge is -2.30. The quantitative estimate of drug-likeness (QED) is 0.167. The number of nitrogens with one attached hydrogen (secondary N) is 2. The molecule has 0 atom stereocenters. The van der Waals surface area contributed by atoms with Crippen molar-refractivity contribution in [2.45, 2.75) is 52.7 Å². The number of hydrogen-bond acceptors (Lipinski definition) is 6. The summed E-state index contributed by atoms with van der Waals surface area (Å²) < 4.78 is 5.41. The van der Waals surface area contributed by atoms with Crippen LogP contribution in [0, 0.1) is 10.1 Å². The predicted octanol–water partition coefficient (Wildman–Crippen LogP) is 2.47. The second-order valence-electron chi connectivity index (χ2n) is 8.67. The molecule has 9 nitrogen and oxygen atoms in total. The number of non-ortho nitro benzene ring substituents is 1. The van der Waals surface area contributed by atoms with Gasteiger partial charge in [0.1, 0.15) is 0 Å². The first-order chi connectivity index (χ1) is 15.4. The van der Waals surface area contributed by atoms with Gasteiger partial charge in [0.15, 0.2) is 5.96 Å². The summed E-state index contributed by atoms with van der Waals surface area (Å²) in [6.07, 6.45) is 1.03. The first-order valence-corrected chi connectivity index (χ1v) is 11.7. The summed E-state index contributed by atoms with van der Waals surface area (Å²) in [4.78, 5) is 20.0. The summed E-state index contributed by atoms with van der Waals surface area (Å²) in [6, 6.07) is 7.54. The van der Waals surface area contributed by atoms with Gasteiger partial charge in [-0.1, -0.05) is 12.1 Å². The molecule has 1 saturated heterocycles. The zero-order valence-corrected chi connectivity index (χ0v) is 20.0. The molecular formula is C23H40N6O3. The van der Waals surface area contributed by atoms with Crippen molar-refractivity contribution < 1.29 is 9.66 Å². The van der Waals surface area contributed by atoms with E-state index in [0.717, 1.165) is 70.4 Å². The van der Waals surface area contributed by atoms with Crippen LogP contribution in [-0.2, 0) is 11.3 Å². The van der Waals surface area contributed by atoms with Crippen molar-refractivity contribution in [2.24, 2.45) is 4.99 Å². The van der Waals surface area contributed by atoms with Gasteiger partial charge in [0, 0.05) is 56.9 Å². The normalized spacial score (nSPS) is 15.5. The summed E-state index contributed by atoms with van der Waals surface area (Å²) >= 11 is 0. The Kier molecular flexibility index (Phi) is 11.4. The van der Waals surface area contributed by atoms with Crippen LogP contribution in [-0.4, -0.2) is 85.2 Å². The highest BCUT2D eigenvalue weighted by Gasteiger charge is 2.13. The van der Waals surface area contributed by atoms with Gasteiger partial charge in [-0.05, 0) is 46.2 Å². The van der Waals surface area contributed by atoms with E-state index in [9.17, 15) is 10.1 Å². The lowest BCUT2D eigenvalue weighted by atomic mass is 10.2. The van der Waals surface area contributed by atoms with Crippen molar-refractivity contribution in [2.75, 3.05) is 52.5 Å². The van der Waals surface area contributed by atoms with Crippen molar-refractivity contribution in [1.29, 1.82) is 0 Å². The van der Waals surface area contributed by atoms with Crippen LogP contribution < -0.4 is 10.6 Å². The van der Waals surface area contributed by atoms with Gasteiger partial charge in [-0.25, -0.2) is 4.99 Å². The molecule has 9 heteroatoms. The monoisotopic (exact) mass is 448 g/mol. The van der Waals surface area contributed by atoms with E-state index < -0.39 is 0 Å². The summed E-state index contributed by atoms with van der Waals surface area (Å²) in [7, 11) is 0. The van der Waals surface area contributed by atoms with Gasteiger partial charge in [0.05, 0.1) is 24.7 Å². The molecule has 1 aliphatic rings. The maximum Gasteiger partial charge on any atom is 0.269 e. The van der Waals surface area contributed by atoms with E-state index in [2.05, 4.69) is 48.1 Å². The fourth-order valence-corrected chi connectivity index (χ4v) is 3.82. The van der Waals surface area contributed by atoms with E-state index in [1.165, 1.54) is 12.1 Å². The number of hydrogen-bond donors (Lipinski definition) is 2. The Morgan fingerprint density at radius 1 is 1.12 bits per heavy atom. The molecule has 1 aliphatic heterocycles. The molecule has 0 aromatic heterocycles. The summed E-state index contributed by atoms with van der Waals surface area (Å²) in [5, 5.41) is 17.8. The molecule has 2 rings (SSSR count). The van der Waals surface area contributed by atoms with Crippen molar-refractivity contribution in [3.05, 3.63) is 39.9 Å². The number of aliphatic imine (C=N–C) groups is 1. The molecule has 0 aliphatic carbocycles. The maximum absolute atomic E-state index is 10.9. The maximum atomic E-state index is 10.9. The van der Waals surface area contributed by atoms with E-state index in [1.54, 1.807) is 12.1 Å². The van der Waals surface area contributed by atoms with Crippen molar-refractivity contribution in [3.8, 4) is 0 Å². The highest BCUT2D eigenvalue weighted by Crippen LogP contribution is 2.12. The van der Waals surface area contributed by atoms with Crippen LogP contribution in [0.2, 0.25) is 0 Å². The van der Waals surface area contributed by atoms with Crippen molar-refractivity contribution in [3.63, 3.8) is 0 Å². The Morgan fingerprint density at radius 2 is 1.75 bits per heavy atom. The second kappa shape index (κ2) is 14.0. The van der Waals surface area contributed by atoms with E-state index >= 15 is 0 Å². The van der Waals surface area contributed by atoms with E-state index in [4.69, 9.17) is 9.73 Å². The Hall–Kier alpha value is -2.23. The molecule has 180 valence electrons. The van der Waals surface area contributed by atoms with Gasteiger partial charge in [0.25, 0.3) is 5.69 Å². The standard InChI is InChI=1S/C23H40N6O3/c1-19(2)28(20(3)4)13-11-25-23(24-10-5-12-27-14-16-32-17-15-27)26-18-21-6-8-22(9-7-21)29(30)31/h6-9,19-20H,5,10-18H2,1-4H3,(H2,24,25,26). The molecule has 0 spiro atoms. The van der Waals surface area contributed by atoms with E-state index in [0.29, 0.717) is 18.6 Å². The number of nitro groups is 1. The van der Waals surface area contributed by atoms with Crippen molar-refractivity contribution in [1.82, 2.24) is 20.4 Å². The number of nitro benzene ring substituents is 1. The molecular weight excluding hydrogens is 408 g/mol. The molecule has 0 radical (unpaired) electrons. The molecule has 0 bridgehead atoms. The number of rotatable bonds is 12. The van der Waals surface area contributed by atoms with Crippen LogP contribution in [0.4, 0.5) is 5.69 Å². The Balaban J connectivity index is 1.89. The third-order valence-corrected chi connectivity index (χ3v) is 5.60. The fourth-order valence-electron chi connectivity index (χ4n) is 3.82. The number of morpholine rings is 1. The second-order valence-corrected chi connectivity index (χ2v) is 8.67. The zero-order chi connectivity index (χ0) is 23.3. The number of guanidine groups is 1. The van der Waals surface area contributed by atoms with Crippen molar-refractivity contribution >= 4 is 11.6 Å². The van der Waals surface area contributed by atoms with Crippen LogP contribution in [0.25, 0.3) is 0 Å². The summed E-state index contributed by atoms with van der Waals surface area (Å²) in [5.41, 5.74) is 1.04. The highest BCUT2D eigenvalue weighted by atomic mass is 16.6. The number of nitrogens with zero attached hydrogens (tertiary/aromatic N) is 4. The van der Waals surface area contributed by atoms with Crippen LogP contribution in [0.3, 0.4) is 0 Å². The molecule has 0 saturated carbocycles. The SMILES string of the molecule is CC(C)N(CCNC(=NCc1ccc([N+](=O)[O-])cc1)NCCCN1CCOCC1)C(C)C. The number of ether oxygens (including phenoxy) is 1. The molecule has 32 heavy (non-hydrogen) atoms. The minimum atomic E-state index is -0.384. The third-order valence-electron chi connectivity index (χ3n) is 5.60. The minimum absolute atomic E-state index is 0.0970. The molecule has 0 amide bonds. The molecule has 1 aromatic rings. The smallest absolute Gasteiger partial charge is 0.269 e. The molecule has 1 fully saturated rings. The van der Waals surface area contributed by atoms with Crippen LogP contribution >= 0.6 is 0 Å². The average Bonchev–Trinajstić information content (AvgIpc) is 2.77. The van der Waals surface area contributed by atoms with Crippen LogP contribution in [0.1, 0.15) is 39.7 Å². The Bertz CT molecular complexity index is 694. The van der Waals surface area contributed by atoms with E-state index in [1.807, 2.05) is 0 Å². The van der Waals surface area contributed by atoms with Crippen LogP contribution in [0.5, 0.6) is 0 Å². The topological polar surface area (TPSA) is 95.3 Å². The summed E-state index contributed by atoms with van der Waals surface area (Å²) in [5.74, 6) is 0.776.